The molecular formula is C32H32F2O6S2. The first kappa shape index (κ1) is 32.8. The van der Waals surface area contributed by atoms with Crippen LogP contribution in [0.2, 0.25) is 0 Å². The van der Waals surface area contributed by atoms with E-state index in [1.807, 2.05) is 45.0 Å². The van der Waals surface area contributed by atoms with E-state index < -0.39 is 32.2 Å². The van der Waals surface area contributed by atoms with E-state index >= 15 is 0 Å². The molecule has 0 saturated heterocycles. The number of aryl methyl sites for hydroxylation is 2. The van der Waals surface area contributed by atoms with Gasteiger partial charge in [-0.3, -0.25) is 0 Å². The van der Waals surface area contributed by atoms with Gasteiger partial charge >= 0.3 is 5.97 Å². The van der Waals surface area contributed by atoms with Gasteiger partial charge in [0.2, 0.25) is 0 Å². The van der Waals surface area contributed by atoms with E-state index in [9.17, 15) is 26.5 Å². The Hall–Kier alpha value is -3.73. The van der Waals surface area contributed by atoms with Gasteiger partial charge in [0, 0.05) is 11.1 Å². The Balaban J connectivity index is 0.000000337. The number of halogens is 2. The molecule has 0 aliphatic rings. The number of carbonyl (C=O) groups is 1. The lowest BCUT2D eigenvalue weighted by molar-refractivity contribution is -0.157. The normalized spacial score (nSPS) is 11.5. The van der Waals surface area contributed by atoms with Crippen molar-refractivity contribution in [3.8, 4) is 5.75 Å². The highest BCUT2D eigenvalue weighted by Gasteiger charge is 2.32. The molecule has 0 spiro atoms. The van der Waals surface area contributed by atoms with Crippen molar-refractivity contribution < 1.29 is 36.0 Å². The molecule has 42 heavy (non-hydrogen) atoms. The predicted molar refractivity (Wildman–Crippen MR) is 157 cm³/mol. The van der Waals surface area contributed by atoms with Gasteiger partial charge in [-0.2, -0.15) is 0 Å². The number of hydrogen-bond donors (Lipinski definition) is 0. The average Bonchev–Trinajstić information content (AvgIpc) is 2.89. The number of rotatable bonds is 7. The van der Waals surface area contributed by atoms with Crippen LogP contribution in [-0.2, 0) is 30.5 Å². The van der Waals surface area contributed by atoms with E-state index in [4.69, 9.17) is 9.47 Å². The summed E-state index contributed by atoms with van der Waals surface area (Å²) in [6.07, 6.45) is 0. The largest absolute Gasteiger partial charge is 0.744 e. The van der Waals surface area contributed by atoms with Gasteiger partial charge in [0.25, 0.3) is 0 Å². The van der Waals surface area contributed by atoms with Gasteiger partial charge in [-0.05, 0) is 83.1 Å². The van der Waals surface area contributed by atoms with E-state index in [1.165, 1.54) is 14.7 Å². The molecule has 0 unspecified atom stereocenters. The third kappa shape index (κ3) is 9.14. The highest BCUT2D eigenvalue weighted by atomic mass is 32.2. The van der Waals surface area contributed by atoms with E-state index in [1.54, 1.807) is 0 Å². The molecule has 0 N–H and O–H groups in total. The fourth-order valence-electron chi connectivity index (χ4n) is 4.04. The van der Waals surface area contributed by atoms with Gasteiger partial charge < -0.3 is 14.0 Å². The molecule has 0 bridgehead atoms. The Morgan fingerprint density at radius 1 is 0.810 bits per heavy atom. The van der Waals surface area contributed by atoms with Gasteiger partial charge in [0.1, 0.15) is 38.0 Å². The lowest BCUT2D eigenvalue weighted by atomic mass is 10.1. The number of benzene rings is 4. The molecule has 0 atom stereocenters. The molecule has 4 aromatic rings. The minimum atomic E-state index is -5.06. The maximum Gasteiger partial charge on any atom is 0.344 e. The Morgan fingerprint density at radius 2 is 1.26 bits per heavy atom. The van der Waals surface area contributed by atoms with Crippen molar-refractivity contribution in [3.63, 3.8) is 0 Å². The summed E-state index contributed by atoms with van der Waals surface area (Å²) in [4.78, 5) is 14.4. The first-order chi connectivity index (χ1) is 19.7. The van der Waals surface area contributed by atoms with Crippen LogP contribution in [0, 0.1) is 25.5 Å². The van der Waals surface area contributed by atoms with E-state index in [0.717, 1.165) is 17.2 Å². The zero-order valence-corrected chi connectivity index (χ0v) is 25.5. The maximum atomic E-state index is 12.5. The Labute approximate surface area is 248 Å². The first-order valence-electron chi connectivity index (χ1n) is 12.9. The van der Waals surface area contributed by atoms with Gasteiger partial charge in [-0.1, -0.05) is 42.5 Å². The number of hydrogen-bond acceptors (Lipinski definition) is 6. The second-order valence-electron chi connectivity index (χ2n) is 10.2. The molecule has 0 aliphatic heterocycles. The van der Waals surface area contributed by atoms with Gasteiger partial charge in [-0.15, -0.1) is 0 Å². The van der Waals surface area contributed by atoms with Crippen LogP contribution in [0.1, 0.15) is 31.9 Å². The van der Waals surface area contributed by atoms with Crippen molar-refractivity contribution in [1.82, 2.24) is 0 Å². The predicted octanol–water partition coefficient (Wildman–Crippen LogP) is 6.99. The van der Waals surface area contributed by atoms with Crippen molar-refractivity contribution in [2.75, 3.05) is 6.61 Å². The second-order valence-corrected chi connectivity index (χ2v) is 13.5. The van der Waals surface area contributed by atoms with Crippen LogP contribution in [0.4, 0.5) is 8.78 Å². The van der Waals surface area contributed by atoms with Crippen LogP contribution < -0.4 is 4.74 Å². The van der Waals surface area contributed by atoms with Crippen molar-refractivity contribution in [2.24, 2.45) is 0 Å². The Bertz CT molecular complexity index is 1540. The first-order valence-corrected chi connectivity index (χ1v) is 15.5. The van der Waals surface area contributed by atoms with Crippen molar-refractivity contribution >= 4 is 27.0 Å². The highest BCUT2D eigenvalue weighted by Crippen LogP contribution is 2.37. The summed E-state index contributed by atoms with van der Waals surface area (Å²) in [6, 6.07) is 27.6. The van der Waals surface area contributed by atoms with Crippen LogP contribution in [-0.4, -0.2) is 31.1 Å². The molecule has 222 valence electrons. The summed E-state index contributed by atoms with van der Waals surface area (Å²) < 4.78 is 66.9. The lowest BCUT2D eigenvalue weighted by Gasteiger charge is -2.19. The zero-order chi connectivity index (χ0) is 31.1. The zero-order valence-electron chi connectivity index (χ0n) is 23.9. The number of esters is 1. The SMILES string of the molecule is Cc1cc(OCC(=O)OC(C)(C)C)cc(C)c1[S+](c1ccccc1)c1ccccc1.O=S(=O)([O-])c1c(F)cccc1F. The third-order valence-corrected chi connectivity index (χ3v) is 8.97. The molecule has 0 fully saturated rings. The molecule has 0 amide bonds. The van der Waals surface area contributed by atoms with Crippen LogP contribution in [0.15, 0.2) is 111 Å². The van der Waals surface area contributed by atoms with E-state index in [-0.39, 0.29) is 23.5 Å². The van der Waals surface area contributed by atoms with Crippen LogP contribution in [0.25, 0.3) is 0 Å². The summed E-state index contributed by atoms with van der Waals surface area (Å²) in [5.74, 6) is -2.42. The molecule has 6 nitrogen and oxygen atoms in total. The molecule has 0 saturated carbocycles. The Morgan fingerprint density at radius 3 is 1.64 bits per heavy atom. The number of carbonyl (C=O) groups excluding carboxylic acids is 1. The standard InChI is InChI=1S/C26H29O3S.C6H4F2O3S/c1-19-16-21(28-18-24(27)29-26(3,4)5)17-20(2)25(19)30(22-12-8-6-9-13-22)23-14-10-7-11-15-23;7-4-2-1-3-5(8)6(4)12(9,10)11/h6-17H,18H2,1-5H3;1-3H,(H,9,10,11)/q+1;/p-1. The summed E-state index contributed by atoms with van der Waals surface area (Å²) in [7, 11) is -5.28. The molecule has 10 heteroatoms. The molecule has 0 aliphatic carbocycles. The average molecular weight is 615 g/mol. The smallest absolute Gasteiger partial charge is 0.344 e. The summed E-state index contributed by atoms with van der Waals surface area (Å²) in [6.45, 7) is 9.66. The quantitative estimate of drug-likeness (QED) is 0.127. The molecule has 4 rings (SSSR count). The van der Waals surface area contributed by atoms with Crippen molar-refractivity contribution in [1.29, 1.82) is 0 Å². The minimum Gasteiger partial charge on any atom is -0.744 e. The third-order valence-electron chi connectivity index (χ3n) is 5.54. The number of ether oxygens (including phenoxy) is 2. The van der Waals surface area contributed by atoms with Crippen LogP contribution >= 0.6 is 0 Å². The molecule has 0 heterocycles. The van der Waals surface area contributed by atoms with Crippen molar-refractivity contribution in [2.45, 2.75) is 59.8 Å². The fourth-order valence-corrected chi connectivity index (χ4v) is 7.01. The fraction of sp³-hybridized carbons (Fsp3) is 0.219. The maximum absolute atomic E-state index is 12.5. The summed E-state index contributed by atoms with van der Waals surface area (Å²) in [5.41, 5.74) is 1.77. The topological polar surface area (TPSA) is 92.7 Å². The molecule has 0 radical (unpaired) electrons. The van der Waals surface area contributed by atoms with Crippen molar-refractivity contribution in [3.05, 3.63) is 114 Å². The van der Waals surface area contributed by atoms with Crippen LogP contribution in [0.5, 0.6) is 5.75 Å². The highest BCUT2D eigenvalue weighted by molar-refractivity contribution is 7.97. The molecule has 0 aromatic heterocycles. The molecular weight excluding hydrogens is 582 g/mol. The summed E-state index contributed by atoms with van der Waals surface area (Å²) in [5, 5.41) is 0. The van der Waals surface area contributed by atoms with E-state index in [2.05, 4.69) is 62.4 Å². The monoisotopic (exact) mass is 614 g/mol. The van der Waals surface area contributed by atoms with Gasteiger partial charge in [0.15, 0.2) is 21.3 Å². The minimum absolute atomic E-state index is 0.0986. The van der Waals surface area contributed by atoms with Crippen LogP contribution in [0.3, 0.4) is 0 Å². The lowest BCUT2D eigenvalue weighted by Crippen LogP contribution is -2.27. The Kier molecular flexibility index (Phi) is 10.9. The second kappa shape index (κ2) is 14.0. The summed E-state index contributed by atoms with van der Waals surface area (Å²) >= 11 is 0. The van der Waals surface area contributed by atoms with Gasteiger partial charge in [-0.25, -0.2) is 22.0 Å². The van der Waals surface area contributed by atoms with Gasteiger partial charge in [0.05, 0.1) is 10.9 Å². The molecule has 4 aromatic carbocycles. The van der Waals surface area contributed by atoms with E-state index in [0.29, 0.717) is 17.9 Å².